The van der Waals surface area contributed by atoms with Crippen molar-refractivity contribution in [3.63, 3.8) is 0 Å². The highest BCUT2D eigenvalue weighted by Crippen LogP contribution is 2.39. The lowest BCUT2D eigenvalue weighted by atomic mass is 9.83. The van der Waals surface area contributed by atoms with Crippen molar-refractivity contribution >= 4 is 21.8 Å². The van der Waals surface area contributed by atoms with Crippen molar-refractivity contribution in [1.29, 1.82) is 0 Å². The zero-order valence-electron chi connectivity index (χ0n) is 11.2. The van der Waals surface area contributed by atoms with Crippen LogP contribution in [0.4, 0.5) is 0 Å². The summed E-state index contributed by atoms with van der Waals surface area (Å²) in [6.45, 7) is 4.31. The van der Waals surface area contributed by atoms with E-state index in [1.807, 2.05) is 19.9 Å². The minimum atomic E-state index is -0.632. The van der Waals surface area contributed by atoms with Crippen molar-refractivity contribution in [3.05, 3.63) is 27.7 Å². The molecule has 1 atom stereocenters. The second-order valence-electron chi connectivity index (χ2n) is 5.64. The molecule has 0 spiro atoms. The fourth-order valence-corrected chi connectivity index (χ4v) is 2.86. The van der Waals surface area contributed by atoms with Crippen molar-refractivity contribution in [3.8, 4) is 5.75 Å². The molecule has 1 aromatic carbocycles. The number of halogens is 1. The lowest BCUT2D eigenvalue weighted by Gasteiger charge is -2.25. The first-order chi connectivity index (χ1) is 8.81. The number of fused-ring (bicyclic) bond motifs is 1. The summed E-state index contributed by atoms with van der Waals surface area (Å²) in [5.74, 6) is 0.534. The highest BCUT2D eigenvalue weighted by atomic mass is 79.9. The third-order valence-corrected chi connectivity index (χ3v) is 4.03. The van der Waals surface area contributed by atoms with Gasteiger partial charge in [-0.3, -0.25) is 4.79 Å². The predicted octanol–water partition coefficient (Wildman–Crippen LogP) is 2.29. The van der Waals surface area contributed by atoms with Gasteiger partial charge < -0.3 is 16.2 Å². The van der Waals surface area contributed by atoms with Crippen LogP contribution in [0.1, 0.15) is 37.4 Å². The molecule has 0 aliphatic carbocycles. The summed E-state index contributed by atoms with van der Waals surface area (Å²) in [5, 5.41) is 0. The third kappa shape index (κ3) is 2.92. The molecule has 1 unspecified atom stereocenters. The van der Waals surface area contributed by atoms with Gasteiger partial charge >= 0.3 is 0 Å². The highest BCUT2D eigenvalue weighted by molar-refractivity contribution is 9.10. The number of carbonyl (C=O) groups is 1. The first-order valence-electron chi connectivity index (χ1n) is 6.32. The minimum Gasteiger partial charge on any atom is -0.493 e. The number of ether oxygens (including phenoxy) is 1. The molecule has 1 aliphatic rings. The molecular formula is C14H19BrN2O2. The Kier molecular flexibility index (Phi) is 3.87. The van der Waals surface area contributed by atoms with Crippen LogP contribution in [0.15, 0.2) is 16.6 Å². The molecule has 0 saturated heterocycles. The van der Waals surface area contributed by atoms with Crippen LogP contribution in [-0.4, -0.2) is 12.5 Å². The smallest absolute Gasteiger partial charge is 0.223 e. The number of amides is 1. The molecule has 0 aromatic heterocycles. The predicted molar refractivity (Wildman–Crippen MR) is 77.9 cm³/mol. The molecule has 4 nitrogen and oxygen atoms in total. The largest absolute Gasteiger partial charge is 0.493 e. The van der Waals surface area contributed by atoms with Gasteiger partial charge in [-0.2, -0.15) is 0 Å². The Balaban J connectivity index is 2.30. The van der Waals surface area contributed by atoms with E-state index in [9.17, 15) is 4.79 Å². The van der Waals surface area contributed by atoms with Crippen LogP contribution in [0.5, 0.6) is 5.75 Å². The van der Waals surface area contributed by atoms with Crippen LogP contribution >= 0.6 is 15.9 Å². The molecule has 19 heavy (non-hydrogen) atoms. The SMILES string of the molecule is CC(C)(CC(N)c1cc(Br)cc2c1OCC2)C(N)=O. The zero-order chi connectivity index (χ0) is 14.2. The summed E-state index contributed by atoms with van der Waals surface area (Å²) in [6, 6.07) is 3.75. The minimum absolute atomic E-state index is 0.271. The Morgan fingerprint density at radius 2 is 2.21 bits per heavy atom. The van der Waals surface area contributed by atoms with Gasteiger partial charge in [-0.25, -0.2) is 0 Å². The quantitative estimate of drug-likeness (QED) is 0.890. The van der Waals surface area contributed by atoms with Gasteiger partial charge in [0.2, 0.25) is 5.91 Å². The van der Waals surface area contributed by atoms with E-state index in [2.05, 4.69) is 22.0 Å². The third-order valence-electron chi connectivity index (χ3n) is 3.57. The van der Waals surface area contributed by atoms with E-state index >= 15 is 0 Å². The Morgan fingerprint density at radius 3 is 2.84 bits per heavy atom. The first kappa shape index (κ1) is 14.3. The zero-order valence-corrected chi connectivity index (χ0v) is 12.8. The molecule has 0 fully saturated rings. The Labute approximate surface area is 121 Å². The summed E-state index contributed by atoms with van der Waals surface area (Å²) in [7, 11) is 0. The van der Waals surface area contributed by atoms with Gasteiger partial charge in [0.15, 0.2) is 0 Å². The maximum atomic E-state index is 11.4. The second-order valence-corrected chi connectivity index (χ2v) is 6.56. The number of primary amides is 1. The number of hydrogen-bond acceptors (Lipinski definition) is 3. The Hall–Kier alpha value is -1.07. The number of carbonyl (C=O) groups excluding carboxylic acids is 1. The molecule has 4 N–H and O–H groups in total. The van der Waals surface area contributed by atoms with Crippen molar-refractivity contribution in [2.45, 2.75) is 32.7 Å². The molecule has 1 aliphatic heterocycles. The van der Waals surface area contributed by atoms with E-state index < -0.39 is 5.41 Å². The number of rotatable bonds is 4. The molecule has 1 heterocycles. The molecule has 0 radical (unpaired) electrons. The van der Waals surface area contributed by atoms with Gasteiger partial charge in [0.05, 0.1) is 6.61 Å². The van der Waals surface area contributed by atoms with E-state index in [1.165, 1.54) is 0 Å². The topological polar surface area (TPSA) is 78.3 Å². The highest BCUT2D eigenvalue weighted by Gasteiger charge is 2.30. The van der Waals surface area contributed by atoms with Crippen molar-refractivity contribution in [2.75, 3.05) is 6.61 Å². The average molecular weight is 327 g/mol. The molecule has 1 aromatic rings. The van der Waals surface area contributed by atoms with Crippen molar-refractivity contribution in [2.24, 2.45) is 16.9 Å². The van der Waals surface area contributed by atoms with Crippen LogP contribution in [0, 0.1) is 5.41 Å². The van der Waals surface area contributed by atoms with Crippen molar-refractivity contribution < 1.29 is 9.53 Å². The molecule has 104 valence electrons. The maximum absolute atomic E-state index is 11.4. The fourth-order valence-electron chi connectivity index (χ4n) is 2.33. The lowest BCUT2D eigenvalue weighted by molar-refractivity contribution is -0.126. The van der Waals surface area contributed by atoms with Gasteiger partial charge in [0.25, 0.3) is 0 Å². The lowest BCUT2D eigenvalue weighted by Crippen LogP contribution is -2.34. The standard InChI is InChI=1S/C14H19BrN2O2/c1-14(2,13(17)18)7-11(16)10-6-9(15)5-8-3-4-19-12(8)10/h5-6,11H,3-4,7,16H2,1-2H3,(H2,17,18). The van der Waals surface area contributed by atoms with E-state index in [1.54, 1.807) is 0 Å². The first-order valence-corrected chi connectivity index (χ1v) is 7.11. The van der Waals surface area contributed by atoms with Gasteiger partial charge in [0, 0.05) is 27.9 Å². The van der Waals surface area contributed by atoms with E-state index in [4.69, 9.17) is 16.2 Å². The van der Waals surface area contributed by atoms with Gasteiger partial charge in [0.1, 0.15) is 5.75 Å². The molecule has 1 amide bonds. The average Bonchev–Trinajstić information content (AvgIpc) is 2.74. The number of benzene rings is 1. The Bertz CT molecular complexity index is 514. The van der Waals surface area contributed by atoms with Gasteiger partial charge in [-0.15, -0.1) is 0 Å². The van der Waals surface area contributed by atoms with E-state index in [-0.39, 0.29) is 11.9 Å². The summed E-state index contributed by atoms with van der Waals surface area (Å²) in [6.07, 6.45) is 1.39. The van der Waals surface area contributed by atoms with Crippen molar-refractivity contribution in [1.82, 2.24) is 0 Å². The van der Waals surface area contributed by atoms with Crippen LogP contribution in [0.3, 0.4) is 0 Å². The summed E-state index contributed by atoms with van der Waals surface area (Å²) < 4.78 is 6.65. The summed E-state index contributed by atoms with van der Waals surface area (Å²) in [5.41, 5.74) is 13.1. The fraction of sp³-hybridized carbons (Fsp3) is 0.500. The van der Waals surface area contributed by atoms with Crippen LogP contribution in [0.25, 0.3) is 0 Å². The van der Waals surface area contributed by atoms with Crippen LogP contribution in [0.2, 0.25) is 0 Å². The Morgan fingerprint density at radius 1 is 1.53 bits per heavy atom. The summed E-state index contributed by atoms with van der Waals surface area (Å²) >= 11 is 3.49. The van der Waals surface area contributed by atoms with E-state index in [0.717, 1.165) is 27.8 Å². The van der Waals surface area contributed by atoms with Gasteiger partial charge in [-0.1, -0.05) is 29.8 Å². The van der Waals surface area contributed by atoms with Gasteiger partial charge in [-0.05, 0) is 24.1 Å². The molecule has 0 bridgehead atoms. The van der Waals surface area contributed by atoms with Crippen LogP contribution < -0.4 is 16.2 Å². The maximum Gasteiger partial charge on any atom is 0.223 e. The molecule has 5 heteroatoms. The molecule has 0 saturated carbocycles. The molecular weight excluding hydrogens is 308 g/mol. The number of hydrogen-bond donors (Lipinski definition) is 2. The molecule has 2 rings (SSSR count). The number of nitrogens with two attached hydrogens (primary N) is 2. The van der Waals surface area contributed by atoms with E-state index in [0.29, 0.717) is 13.0 Å². The normalized spacial score (nSPS) is 15.8. The second kappa shape index (κ2) is 5.13. The monoisotopic (exact) mass is 326 g/mol. The summed E-state index contributed by atoms with van der Waals surface area (Å²) in [4.78, 5) is 11.4. The van der Waals surface area contributed by atoms with Crippen LogP contribution in [-0.2, 0) is 11.2 Å².